The molecule has 2 heterocycles. The molecule has 0 spiro atoms. The fourth-order valence-corrected chi connectivity index (χ4v) is 3.28. The van der Waals surface area contributed by atoms with Gasteiger partial charge in [0.1, 0.15) is 11.6 Å². The third-order valence-electron chi connectivity index (χ3n) is 4.72. The SMILES string of the molecule is Cc1ccc(C(=O)Nc2cccc(C(=O)N3CCCCC3C(=O)O)c2)c(=O)[nH]1. The first-order chi connectivity index (χ1) is 13.4. The standard InChI is InChI=1S/C20H21N3O5/c1-12-8-9-15(17(24)21-12)18(25)22-14-6-4-5-13(11-14)19(26)23-10-3-2-7-16(23)20(27)28/h4-6,8-9,11,16H,2-3,7,10H2,1H3,(H,21,24)(H,22,25)(H,27,28). The average molecular weight is 383 g/mol. The molecule has 1 atom stereocenters. The molecule has 1 saturated heterocycles. The Hall–Kier alpha value is -3.42. The summed E-state index contributed by atoms with van der Waals surface area (Å²) in [4.78, 5) is 52.5. The van der Waals surface area contributed by atoms with Crippen LogP contribution in [0, 0.1) is 6.92 Å². The number of H-pyrrole nitrogens is 1. The second-order valence-corrected chi connectivity index (χ2v) is 6.77. The van der Waals surface area contributed by atoms with Gasteiger partial charge in [-0.2, -0.15) is 0 Å². The van der Waals surface area contributed by atoms with Gasteiger partial charge < -0.3 is 20.3 Å². The van der Waals surface area contributed by atoms with E-state index in [1.165, 1.54) is 17.0 Å². The summed E-state index contributed by atoms with van der Waals surface area (Å²) in [6.07, 6.45) is 1.94. The van der Waals surface area contributed by atoms with Crippen molar-refractivity contribution in [2.45, 2.75) is 32.2 Å². The van der Waals surface area contributed by atoms with Crippen LogP contribution in [0.4, 0.5) is 5.69 Å². The second-order valence-electron chi connectivity index (χ2n) is 6.77. The number of carbonyl (C=O) groups is 3. The van der Waals surface area contributed by atoms with Gasteiger partial charge in [-0.1, -0.05) is 6.07 Å². The van der Waals surface area contributed by atoms with Crippen LogP contribution in [0.2, 0.25) is 0 Å². The summed E-state index contributed by atoms with van der Waals surface area (Å²) in [5.74, 6) is -2.00. The van der Waals surface area contributed by atoms with E-state index in [2.05, 4.69) is 10.3 Å². The summed E-state index contributed by atoms with van der Waals surface area (Å²) in [7, 11) is 0. The molecule has 8 nitrogen and oxygen atoms in total. The highest BCUT2D eigenvalue weighted by Crippen LogP contribution is 2.21. The number of carbonyl (C=O) groups excluding carboxylic acids is 2. The molecule has 1 aromatic carbocycles. The Labute approximate surface area is 161 Å². The molecule has 2 aromatic rings. The van der Waals surface area contributed by atoms with Crippen molar-refractivity contribution in [3.63, 3.8) is 0 Å². The smallest absolute Gasteiger partial charge is 0.326 e. The first-order valence-electron chi connectivity index (χ1n) is 9.02. The molecule has 0 bridgehead atoms. The van der Waals surface area contributed by atoms with E-state index in [1.807, 2.05) is 0 Å². The number of carboxylic acids is 1. The van der Waals surface area contributed by atoms with Gasteiger partial charge in [0, 0.05) is 23.5 Å². The fourth-order valence-electron chi connectivity index (χ4n) is 3.28. The van der Waals surface area contributed by atoms with Crippen molar-refractivity contribution in [1.82, 2.24) is 9.88 Å². The Balaban J connectivity index is 1.80. The number of carboxylic acid groups (broad SMARTS) is 1. The van der Waals surface area contributed by atoms with E-state index in [9.17, 15) is 24.3 Å². The monoisotopic (exact) mass is 383 g/mol. The summed E-state index contributed by atoms with van der Waals surface area (Å²) < 4.78 is 0. The first-order valence-corrected chi connectivity index (χ1v) is 9.02. The Morgan fingerprint density at radius 3 is 2.68 bits per heavy atom. The van der Waals surface area contributed by atoms with Gasteiger partial charge in [0.05, 0.1) is 0 Å². The lowest BCUT2D eigenvalue weighted by atomic mass is 10.0. The van der Waals surface area contributed by atoms with Gasteiger partial charge in [0.2, 0.25) is 0 Å². The van der Waals surface area contributed by atoms with Gasteiger partial charge in [-0.3, -0.25) is 14.4 Å². The van der Waals surface area contributed by atoms with Crippen LogP contribution in [-0.4, -0.2) is 45.4 Å². The van der Waals surface area contributed by atoms with Crippen molar-refractivity contribution in [1.29, 1.82) is 0 Å². The second kappa shape index (κ2) is 8.08. The molecule has 2 amide bonds. The molecular formula is C20H21N3O5. The molecule has 1 aromatic heterocycles. The van der Waals surface area contributed by atoms with E-state index >= 15 is 0 Å². The maximum atomic E-state index is 12.8. The molecule has 1 aliphatic heterocycles. The third-order valence-corrected chi connectivity index (χ3v) is 4.72. The molecule has 0 saturated carbocycles. The lowest BCUT2D eigenvalue weighted by Crippen LogP contribution is -2.48. The predicted octanol–water partition coefficient (Wildman–Crippen LogP) is 2.01. The van der Waals surface area contributed by atoms with Gasteiger partial charge in [0.25, 0.3) is 17.4 Å². The number of rotatable bonds is 4. The summed E-state index contributed by atoms with van der Waals surface area (Å²) in [6.45, 7) is 2.09. The average Bonchev–Trinajstić information content (AvgIpc) is 2.67. The molecule has 146 valence electrons. The van der Waals surface area contributed by atoms with Gasteiger partial charge in [0.15, 0.2) is 0 Å². The zero-order chi connectivity index (χ0) is 20.3. The molecule has 3 N–H and O–H groups in total. The van der Waals surface area contributed by atoms with E-state index in [4.69, 9.17) is 0 Å². The number of likely N-dealkylation sites (tertiary alicyclic amines) is 1. The normalized spacial score (nSPS) is 16.5. The molecular weight excluding hydrogens is 362 g/mol. The predicted molar refractivity (Wildman–Crippen MR) is 103 cm³/mol. The quantitative estimate of drug-likeness (QED) is 0.746. The highest BCUT2D eigenvalue weighted by atomic mass is 16.4. The number of amides is 2. The number of pyridine rings is 1. The van der Waals surface area contributed by atoms with Gasteiger partial charge in [-0.25, -0.2) is 4.79 Å². The number of aliphatic carboxylic acids is 1. The van der Waals surface area contributed by atoms with Crippen molar-refractivity contribution < 1.29 is 19.5 Å². The van der Waals surface area contributed by atoms with Crippen molar-refractivity contribution in [3.8, 4) is 0 Å². The number of aromatic nitrogens is 1. The number of benzene rings is 1. The van der Waals surface area contributed by atoms with E-state index in [0.29, 0.717) is 24.3 Å². The van der Waals surface area contributed by atoms with Crippen LogP contribution in [0.25, 0.3) is 0 Å². The van der Waals surface area contributed by atoms with Crippen molar-refractivity contribution in [2.75, 3.05) is 11.9 Å². The minimum Gasteiger partial charge on any atom is -0.480 e. The lowest BCUT2D eigenvalue weighted by molar-refractivity contribution is -0.143. The first kappa shape index (κ1) is 19.3. The Bertz CT molecular complexity index is 982. The van der Waals surface area contributed by atoms with E-state index in [0.717, 1.165) is 12.8 Å². The van der Waals surface area contributed by atoms with Crippen LogP contribution < -0.4 is 10.9 Å². The zero-order valence-corrected chi connectivity index (χ0v) is 15.4. The van der Waals surface area contributed by atoms with E-state index in [-0.39, 0.29) is 11.1 Å². The zero-order valence-electron chi connectivity index (χ0n) is 15.4. The summed E-state index contributed by atoms with van der Waals surface area (Å²) >= 11 is 0. The molecule has 1 fully saturated rings. The maximum absolute atomic E-state index is 12.8. The molecule has 28 heavy (non-hydrogen) atoms. The summed E-state index contributed by atoms with van der Waals surface area (Å²) in [6, 6.07) is 8.47. The number of aryl methyl sites for hydroxylation is 1. The van der Waals surface area contributed by atoms with Crippen molar-refractivity contribution in [2.24, 2.45) is 0 Å². The number of nitrogens with one attached hydrogen (secondary N) is 2. The minimum absolute atomic E-state index is 0.0377. The number of nitrogens with zero attached hydrogens (tertiary/aromatic N) is 1. The molecule has 1 aliphatic rings. The Morgan fingerprint density at radius 1 is 1.18 bits per heavy atom. The number of piperidine rings is 1. The van der Waals surface area contributed by atoms with Crippen LogP contribution >= 0.6 is 0 Å². The van der Waals surface area contributed by atoms with Crippen LogP contribution in [0.1, 0.15) is 45.7 Å². The lowest BCUT2D eigenvalue weighted by Gasteiger charge is -2.33. The number of aromatic amines is 1. The maximum Gasteiger partial charge on any atom is 0.326 e. The Kier molecular flexibility index (Phi) is 5.58. The van der Waals surface area contributed by atoms with Gasteiger partial charge in [-0.15, -0.1) is 0 Å². The molecule has 1 unspecified atom stereocenters. The van der Waals surface area contributed by atoms with Crippen LogP contribution in [0.15, 0.2) is 41.2 Å². The third kappa shape index (κ3) is 4.11. The minimum atomic E-state index is -1.02. The Morgan fingerprint density at radius 2 is 1.96 bits per heavy atom. The topological polar surface area (TPSA) is 120 Å². The highest BCUT2D eigenvalue weighted by Gasteiger charge is 2.32. The largest absolute Gasteiger partial charge is 0.480 e. The van der Waals surface area contributed by atoms with Crippen LogP contribution in [0.5, 0.6) is 0 Å². The van der Waals surface area contributed by atoms with Crippen molar-refractivity contribution >= 4 is 23.5 Å². The molecule has 0 radical (unpaired) electrons. The molecule has 8 heteroatoms. The van der Waals surface area contributed by atoms with E-state index in [1.54, 1.807) is 31.2 Å². The number of hydrogen-bond acceptors (Lipinski definition) is 4. The number of hydrogen-bond donors (Lipinski definition) is 3. The molecule has 0 aliphatic carbocycles. The molecule has 3 rings (SSSR count). The van der Waals surface area contributed by atoms with Crippen LogP contribution in [-0.2, 0) is 4.79 Å². The van der Waals surface area contributed by atoms with Gasteiger partial charge in [-0.05, 0) is 56.5 Å². The van der Waals surface area contributed by atoms with Crippen molar-refractivity contribution in [3.05, 3.63) is 63.6 Å². The van der Waals surface area contributed by atoms with E-state index < -0.39 is 29.4 Å². The van der Waals surface area contributed by atoms with Crippen LogP contribution in [0.3, 0.4) is 0 Å². The number of anilines is 1. The highest BCUT2D eigenvalue weighted by molar-refractivity contribution is 6.05. The summed E-state index contributed by atoms with van der Waals surface area (Å²) in [5, 5.41) is 12.0. The summed E-state index contributed by atoms with van der Waals surface area (Å²) in [5.41, 5.74) is 0.735. The fraction of sp³-hybridized carbons (Fsp3) is 0.300. The van der Waals surface area contributed by atoms with Gasteiger partial charge >= 0.3 is 5.97 Å².